The average Bonchev–Trinajstić information content (AvgIpc) is 3.15. The standard InChI is InChI=1S/C15H21N3S/c1-3-14(4-2)11-7-8-12(10-11)15(14,17-18-16)13-6-5-9-19-13/h5-6,9,11-12H,3-4,7-8,10H2,1-2H3/t11-,12+,15-/m0/s1. The van der Waals surface area contributed by atoms with E-state index in [4.69, 9.17) is 0 Å². The highest BCUT2D eigenvalue weighted by Gasteiger charge is 2.66. The van der Waals surface area contributed by atoms with Gasteiger partial charge in [0.2, 0.25) is 0 Å². The summed E-state index contributed by atoms with van der Waals surface area (Å²) in [7, 11) is 0. The molecule has 0 aromatic carbocycles. The molecule has 3 rings (SSSR count). The highest BCUT2D eigenvalue weighted by Crippen LogP contribution is 2.70. The van der Waals surface area contributed by atoms with Crippen molar-refractivity contribution in [3.05, 3.63) is 32.8 Å². The molecule has 1 aromatic heterocycles. The molecule has 2 bridgehead atoms. The normalized spacial score (nSPS) is 35.3. The van der Waals surface area contributed by atoms with Gasteiger partial charge in [0, 0.05) is 9.79 Å². The Morgan fingerprint density at radius 3 is 2.68 bits per heavy atom. The highest BCUT2D eigenvalue weighted by molar-refractivity contribution is 7.10. The summed E-state index contributed by atoms with van der Waals surface area (Å²) < 4.78 is 0. The number of nitrogens with zero attached hydrogens (tertiary/aromatic N) is 3. The lowest BCUT2D eigenvalue weighted by Crippen LogP contribution is -2.47. The van der Waals surface area contributed by atoms with Crippen LogP contribution in [-0.2, 0) is 5.54 Å². The van der Waals surface area contributed by atoms with Crippen LogP contribution < -0.4 is 0 Å². The maximum absolute atomic E-state index is 9.21. The van der Waals surface area contributed by atoms with E-state index in [9.17, 15) is 5.53 Å². The van der Waals surface area contributed by atoms with Crippen molar-refractivity contribution in [3.63, 3.8) is 0 Å². The summed E-state index contributed by atoms with van der Waals surface area (Å²) in [5.74, 6) is 1.28. The third-order valence-corrected chi connectivity index (χ3v) is 6.92. The number of fused-ring (bicyclic) bond motifs is 2. The van der Waals surface area contributed by atoms with Crippen molar-refractivity contribution in [1.82, 2.24) is 0 Å². The molecule has 2 aliphatic carbocycles. The maximum Gasteiger partial charge on any atom is 0.0917 e. The molecule has 3 atom stereocenters. The van der Waals surface area contributed by atoms with Crippen LogP contribution in [0, 0.1) is 17.3 Å². The Bertz CT molecular complexity index is 499. The Kier molecular flexibility index (Phi) is 3.11. The summed E-state index contributed by atoms with van der Waals surface area (Å²) in [6, 6.07) is 4.27. The molecule has 1 aromatic rings. The first kappa shape index (κ1) is 13.0. The Morgan fingerprint density at radius 2 is 2.11 bits per heavy atom. The molecule has 0 amide bonds. The molecule has 19 heavy (non-hydrogen) atoms. The van der Waals surface area contributed by atoms with E-state index in [1.165, 1.54) is 24.1 Å². The van der Waals surface area contributed by atoms with E-state index in [1.54, 1.807) is 11.3 Å². The molecular weight excluding hydrogens is 254 g/mol. The molecule has 0 N–H and O–H groups in total. The van der Waals surface area contributed by atoms with E-state index in [2.05, 4.69) is 41.4 Å². The first-order chi connectivity index (χ1) is 9.25. The Labute approximate surface area is 118 Å². The molecule has 0 radical (unpaired) electrons. The van der Waals surface area contributed by atoms with Gasteiger partial charge in [-0.2, -0.15) is 0 Å². The molecule has 3 nitrogen and oxygen atoms in total. The predicted molar refractivity (Wildman–Crippen MR) is 79.0 cm³/mol. The molecule has 2 saturated carbocycles. The van der Waals surface area contributed by atoms with Crippen LogP contribution in [0.2, 0.25) is 0 Å². The summed E-state index contributed by atoms with van der Waals surface area (Å²) in [5, 5.41) is 6.58. The van der Waals surface area contributed by atoms with Crippen LogP contribution in [0.4, 0.5) is 0 Å². The van der Waals surface area contributed by atoms with Crippen LogP contribution in [0.15, 0.2) is 22.6 Å². The van der Waals surface area contributed by atoms with Crippen LogP contribution in [0.3, 0.4) is 0 Å². The first-order valence-corrected chi connectivity index (χ1v) is 8.23. The van der Waals surface area contributed by atoms with Crippen LogP contribution >= 0.6 is 11.3 Å². The summed E-state index contributed by atoms with van der Waals surface area (Å²) in [5.41, 5.74) is 9.10. The van der Waals surface area contributed by atoms with Crippen molar-refractivity contribution in [2.45, 2.75) is 51.5 Å². The minimum Gasteiger partial charge on any atom is -0.148 e. The van der Waals surface area contributed by atoms with E-state index >= 15 is 0 Å². The Morgan fingerprint density at radius 1 is 1.37 bits per heavy atom. The SMILES string of the molecule is CCC1(CC)[C@H]2CC[C@H](C2)[C@]1(N=[N+]=[N-])c1cccs1. The van der Waals surface area contributed by atoms with Gasteiger partial charge < -0.3 is 0 Å². The van der Waals surface area contributed by atoms with Crippen LogP contribution in [0.1, 0.15) is 50.8 Å². The number of azide groups is 1. The van der Waals surface area contributed by atoms with Crippen molar-refractivity contribution in [3.8, 4) is 0 Å². The van der Waals surface area contributed by atoms with E-state index in [0.717, 1.165) is 18.8 Å². The Hall–Kier alpha value is -0.990. The molecule has 0 spiro atoms. The van der Waals surface area contributed by atoms with Gasteiger partial charge in [-0.05, 0) is 66.3 Å². The summed E-state index contributed by atoms with van der Waals surface area (Å²) in [4.78, 5) is 4.58. The second-order valence-electron chi connectivity index (χ2n) is 6.00. The summed E-state index contributed by atoms with van der Waals surface area (Å²) >= 11 is 1.77. The predicted octanol–water partition coefficient (Wildman–Crippen LogP) is 5.49. The smallest absolute Gasteiger partial charge is 0.0917 e. The fourth-order valence-electron chi connectivity index (χ4n) is 5.19. The van der Waals surface area contributed by atoms with Gasteiger partial charge in [-0.25, -0.2) is 0 Å². The number of hydrogen-bond donors (Lipinski definition) is 0. The Balaban J connectivity index is 2.24. The second-order valence-corrected chi connectivity index (χ2v) is 6.95. The van der Waals surface area contributed by atoms with E-state index in [1.807, 2.05) is 0 Å². The van der Waals surface area contributed by atoms with Crippen molar-refractivity contribution in [2.24, 2.45) is 22.4 Å². The number of thiophene rings is 1. The lowest BCUT2D eigenvalue weighted by atomic mass is 9.58. The summed E-state index contributed by atoms with van der Waals surface area (Å²) in [6.45, 7) is 4.55. The lowest BCUT2D eigenvalue weighted by molar-refractivity contribution is 0.0384. The first-order valence-electron chi connectivity index (χ1n) is 7.35. The molecule has 0 saturated heterocycles. The molecule has 0 aliphatic heterocycles. The molecule has 2 fully saturated rings. The van der Waals surface area contributed by atoms with Gasteiger partial charge in [-0.1, -0.05) is 25.0 Å². The van der Waals surface area contributed by atoms with Gasteiger partial charge in [0.05, 0.1) is 5.54 Å². The molecule has 1 heterocycles. The molecule has 0 unspecified atom stereocenters. The second kappa shape index (κ2) is 4.53. The number of hydrogen-bond acceptors (Lipinski definition) is 2. The monoisotopic (exact) mass is 275 g/mol. The zero-order valence-electron chi connectivity index (χ0n) is 11.7. The molecule has 2 aliphatic rings. The van der Waals surface area contributed by atoms with Gasteiger partial charge in [0.1, 0.15) is 0 Å². The minimum atomic E-state index is -0.275. The van der Waals surface area contributed by atoms with E-state index < -0.39 is 0 Å². The minimum absolute atomic E-state index is 0.174. The third-order valence-electron chi connectivity index (χ3n) is 5.93. The van der Waals surface area contributed by atoms with Gasteiger partial charge in [-0.15, -0.1) is 11.3 Å². The van der Waals surface area contributed by atoms with Crippen molar-refractivity contribution >= 4 is 11.3 Å². The van der Waals surface area contributed by atoms with Gasteiger partial charge in [-0.3, -0.25) is 0 Å². The van der Waals surface area contributed by atoms with E-state index in [-0.39, 0.29) is 11.0 Å². The zero-order valence-corrected chi connectivity index (χ0v) is 12.5. The fraction of sp³-hybridized carbons (Fsp3) is 0.733. The number of rotatable bonds is 4. The van der Waals surface area contributed by atoms with Gasteiger partial charge >= 0.3 is 0 Å². The molecular formula is C15H21N3S. The average molecular weight is 275 g/mol. The topological polar surface area (TPSA) is 48.8 Å². The van der Waals surface area contributed by atoms with Crippen molar-refractivity contribution in [1.29, 1.82) is 0 Å². The summed E-state index contributed by atoms with van der Waals surface area (Å²) in [6.07, 6.45) is 6.02. The van der Waals surface area contributed by atoms with Crippen LogP contribution in [0.5, 0.6) is 0 Å². The van der Waals surface area contributed by atoms with Crippen LogP contribution in [0.25, 0.3) is 10.4 Å². The fourth-order valence-corrected chi connectivity index (χ4v) is 6.24. The molecule has 102 valence electrons. The highest BCUT2D eigenvalue weighted by atomic mass is 32.1. The van der Waals surface area contributed by atoms with Crippen molar-refractivity contribution in [2.75, 3.05) is 0 Å². The van der Waals surface area contributed by atoms with Gasteiger partial charge in [0.25, 0.3) is 0 Å². The largest absolute Gasteiger partial charge is 0.148 e. The maximum atomic E-state index is 9.21. The van der Waals surface area contributed by atoms with Gasteiger partial charge in [0.15, 0.2) is 0 Å². The quantitative estimate of drug-likeness (QED) is 0.396. The lowest BCUT2D eigenvalue weighted by Gasteiger charge is -2.50. The third kappa shape index (κ3) is 1.42. The molecule has 4 heteroatoms. The van der Waals surface area contributed by atoms with Crippen molar-refractivity contribution < 1.29 is 0 Å². The van der Waals surface area contributed by atoms with Crippen LogP contribution in [-0.4, -0.2) is 0 Å². The zero-order chi connectivity index (χ0) is 13.5. The van der Waals surface area contributed by atoms with E-state index in [0.29, 0.717) is 5.92 Å².